The van der Waals surface area contributed by atoms with E-state index < -0.39 is 0 Å². The molecular weight excluding hydrogens is 362 g/mol. The van der Waals surface area contributed by atoms with Crippen molar-refractivity contribution in [3.8, 4) is 0 Å². The lowest BCUT2D eigenvalue weighted by atomic mass is 9.49. The summed E-state index contributed by atoms with van der Waals surface area (Å²) in [6, 6.07) is 9.45. The van der Waals surface area contributed by atoms with E-state index in [4.69, 9.17) is 0 Å². The molecule has 0 amide bonds. The molecular formula is C29H37N. The third-order valence-corrected chi connectivity index (χ3v) is 11.7. The van der Waals surface area contributed by atoms with Crippen LogP contribution < -0.4 is 0 Å². The summed E-state index contributed by atoms with van der Waals surface area (Å²) in [6.45, 7) is 5.23. The van der Waals surface area contributed by atoms with Crippen molar-refractivity contribution in [3.05, 3.63) is 42.2 Å². The van der Waals surface area contributed by atoms with Gasteiger partial charge in [-0.3, -0.25) is 4.98 Å². The molecule has 5 fully saturated rings. The highest BCUT2D eigenvalue weighted by molar-refractivity contribution is 5.82. The predicted octanol–water partition coefficient (Wildman–Crippen LogP) is 7.75. The van der Waals surface area contributed by atoms with Gasteiger partial charge in [0, 0.05) is 17.8 Å². The Morgan fingerprint density at radius 3 is 2.80 bits per heavy atom. The van der Waals surface area contributed by atoms with Gasteiger partial charge < -0.3 is 0 Å². The van der Waals surface area contributed by atoms with Crippen LogP contribution in [0.5, 0.6) is 0 Å². The maximum absolute atomic E-state index is 4.40. The van der Waals surface area contributed by atoms with Gasteiger partial charge in [-0.15, -0.1) is 0 Å². The van der Waals surface area contributed by atoms with Crippen LogP contribution in [-0.4, -0.2) is 4.98 Å². The molecule has 2 spiro atoms. The van der Waals surface area contributed by atoms with Gasteiger partial charge >= 0.3 is 0 Å². The predicted molar refractivity (Wildman–Crippen MR) is 123 cm³/mol. The molecule has 0 saturated heterocycles. The van der Waals surface area contributed by atoms with Crippen molar-refractivity contribution in [2.75, 3.05) is 0 Å². The minimum atomic E-state index is 0.522. The molecule has 0 radical (unpaired) electrons. The second kappa shape index (κ2) is 5.90. The monoisotopic (exact) mass is 399 g/mol. The van der Waals surface area contributed by atoms with Crippen LogP contribution in [0.25, 0.3) is 10.8 Å². The average molecular weight is 400 g/mol. The van der Waals surface area contributed by atoms with Gasteiger partial charge in [0.1, 0.15) is 0 Å². The maximum atomic E-state index is 4.40. The fourth-order valence-corrected chi connectivity index (χ4v) is 10.4. The third-order valence-electron chi connectivity index (χ3n) is 11.7. The zero-order valence-corrected chi connectivity index (χ0v) is 18.9. The van der Waals surface area contributed by atoms with Crippen LogP contribution in [0.15, 0.2) is 36.7 Å². The summed E-state index contributed by atoms with van der Waals surface area (Å²) in [5, 5.41) is 2.67. The van der Waals surface area contributed by atoms with E-state index in [-0.39, 0.29) is 0 Å². The summed E-state index contributed by atoms with van der Waals surface area (Å²) in [5.41, 5.74) is 3.53. The first-order valence-corrected chi connectivity index (χ1v) is 12.9. The minimum Gasteiger partial charge on any atom is -0.264 e. The van der Waals surface area contributed by atoms with E-state index in [2.05, 4.69) is 49.3 Å². The summed E-state index contributed by atoms with van der Waals surface area (Å²) in [6.07, 6.45) is 19.2. The van der Waals surface area contributed by atoms with E-state index in [1.54, 1.807) is 31.2 Å². The molecule has 7 rings (SSSR count). The Bertz CT molecular complexity index is 1010. The molecule has 1 heterocycles. The SMILES string of the molecule is CC1CCC2C(CCC34CC35CCC(c3ccc6ccncc6c3)C5(C)CCC24)C1. The molecule has 0 bridgehead atoms. The summed E-state index contributed by atoms with van der Waals surface area (Å²) in [7, 11) is 0. The molecule has 158 valence electrons. The highest BCUT2D eigenvalue weighted by Crippen LogP contribution is 2.89. The van der Waals surface area contributed by atoms with Crippen LogP contribution in [0, 0.1) is 39.9 Å². The number of fused-ring (bicyclic) bond motifs is 3. The van der Waals surface area contributed by atoms with Crippen LogP contribution in [0.1, 0.15) is 89.5 Å². The number of pyridine rings is 1. The van der Waals surface area contributed by atoms with E-state index in [0.717, 1.165) is 35.0 Å². The minimum absolute atomic E-state index is 0.522. The van der Waals surface area contributed by atoms with Gasteiger partial charge in [0.2, 0.25) is 0 Å². The number of nitrogens with zero attached hydrogens (tertiary/aromatic N) is 1. The van der Waals surface area contributed by atoms with Crippen LogP contribution in [-0.2, 0) is 0 Å². The number of rotatable bonds is 1. The first-order chi connectivity index (χ1) is 14.6. The van der Waals surface area contributed by atoms with Gasteiger partial charge in [0.05, 0.1) is 0 Å². The van der Waals surface area contributed by atoms with Gasteiger partial charge in [-0.05, 0) is 127 Å². The molecule has 30 heavy (non-hydrogen) atoms. The van der Waals surface area contributed by atoms with Crippen LogP contribution in [0.3, 0.4) is 0 Å². The molecule has 0 aliphatic heterocycles. The topological polar surface area (TPSA) is 12.9 Å². The molecule has 1 aromatic carbocycles. The zero-order chi connectivity index (χ0) is 20.1. The summed E-state index contributed by atoms with van der Waals surface area (Å²) < 4.78 is 0. The second-order valence-corrected chi connectivity index (χ2v) is 12.4. The Labute approximate surface area is 182 Å². The lowest BCUT2D eigenvalue weighted by molar-refractivity contribution is -0.0603. The lowest BCUT2D eigenvalue weighted by Crippen LogP contribution is -2.48. The highest BCUT2D eigenvalue weighted by atomic mass is 14.9. The lowest BCUT2D eigenvalue weighted by Gasteiger charge is -2.56. The van der Waals surface area contributed by atoms with Gasteiger partial charge in [0.25, 0.3) is 0 Å². The Morgan fingerprint density at radius 2 is 1.87 bits per heavy atom. The molecule has 8 unspecified atom stereocenters. The quantitative estimate of drug-likeness (QED) is 0.477. The van der Waals surface area contributed by atoms with E-state index in [1.807, 2.05) is 6.20 Å². The van der Waals surface area contributed by atoms with Gasteiger partial charge in [-0.2, -0.15) is 0 Å². The Balaban J connectivity index is 1.24. The fraction of sp³-hybridized carbons (Fsp3) is 0.690. The Morgan fingerprint density at radius 1 is 0.933 bits per heavy atom. The van der Waals surface area contributed by atoms with E-state index >= 15 is 0 Å². The molecule has 8 atom stereocenters. The number of hydrogen-bond donors (Lipinski definition) is 0. The smallest absolute Gasteiger partial charge is 0.0346 e. The first kappa shape index (κ1) is 18.2. The third kappa shape index (κ3) is 2.08. The molecule has 5 aliphatic carbocycles. The zero-order valence-electron chi connectivity index (χ0n) is 18.9. The van der Waals surface area contributed by atoms with Gasteiger partial charge in [-0.25, -0.2) is 0 Å². The number of benzene rings is 1. The molecule has 1 heteroatoms. The van der Waals surface area contributed by atoms with Crippen LogP contribution in [0.4, 0.5) is 0 Å². The maximum Gasteiger partial charge on any atom is 0.0346 e. The Kier molecular flexibility index (Phi) is 3.58. The molecule has 2 aromatic rings. The van der Waals surface area contributed by atoms with Gasteiger partial charge in [0.15, 0.2) is 0 Å². The summed E-state index contributed by atoms with van der Waals surface area (Å²) in [4.78, 5) is 4.40. The van der Waals surface area contributed by atoms with Crippen molar-refractivity contribution < 1.29 is 0 Å². The summed E-state index contributed by atoms with van der Waals surface area (Å²) >= 11 is 0. The highest BCUT2D eigenvalue weighted by Gasteiger charge is 2.81. The molecule has 5 aliphatic rings. The number of aromatic nitrogens is 1. The van der Waals surface area contributed by atoms with Crippen molar-refractivity contribution in [1.29, 1.82) is 0 Å². The molecule has 1 aromatic heterocycles. The summed E-state index contributed by atoms with van der Waals surface area (Å²) in [5.74, 6) is 4.95. The fourth-order valence-electron chi connectivity index (χ4n) is 10.4. The van der Waals surface area contributed by atoms with E-state index in [9.17, 15) is 0 Å². The first-order valence-electron chi connectivity index (χ1n) is 12.9. The largest absolute Gasteiger partial charge is 0.264 e. The second-order valence-electron chi connectivity index (χ2n) is 12.4. The van der Waals surface area contributed by atoms with Crippen molar-refractivity contribution in [1.82, 2.24) is 4.98 Å². The Hall–Kier alpha value is -1.37. The van der Waals surface area contributed by atoms with E-state index in [0.29, 0.717) is 10.8 Å². The van der Waals surface area contributed by atoms with Crippen molar-refractivity contribution in [2.45, 2.75) is 84.0 Å². The van der Waals surface area contributed by atoms with Crippen LogP contribution >= 0.6 is 0 Å². The molecule has 0 N–H and O–H groups in total. The molecule has 5 saturated carbocycles. The van der Waals surface area contributed by atoms with Crippen LogP contribution in [0.2, 0.25) is 0 Å². The molecule has 1 nitrogen and oxygen atoms in total. The normalized spacial score (nSPS) is 49.1. The van der Waals surface area contributed by atoms with Gasteiger partial charge in [-0.1, -0.05) is 32.4 Å². The van der Waals surface area contributed by atoms with Crippen molar-refractivity contribution >= 4 is 10.8 Å². The van der Waals surface area contributed by atoms with E-state index in [1.165, 1.54) is 49.3 Å². The standard InChI is InChI=1S/C29H37N/c1-19-3-6-24-21(15-19)7-12-28-18-29(28)13-9-25(27(29,2)11-8-26(24)28)22-5-4-20-10-14-30-17-23(20)16-22/h4-5,10,14,16-17,19,21,24-26H,3,6-9,11-13,15,18H2,1-2H3. The average Bonchev–Trinajstić information content (AvgIpc) is 3.34. The van der Waals surface area contributed by atoms with Crippen molar-refractivity contribution in [2.24, 2.45) is 39.9 Å². The number of hydrogen-bond acceptors (Lipinski definition) is 1. The van der Waals surface area contributed by atoms with Crippen molar-refractivity contribution in [3.63, 3.8) is 0 Å².